The summed E-state index contributed by atoms with van der Waals surface area (Å²) in [5.41, 5.74) is 17.5. The quantitative estimate of drug-likeness (QED) is 0.123. The second-order valence-corrected chi connectivity index (χ2v) is 19.6. The predicted octanol–water partition coefficient (Wildman–Crippen LogP) is 19.0. The zero-order valence-corrected chi connectivity index (χ0v) is 40.9. The maximum Gasteiger partial charge on any atom is 0.188 e. The van der Waals surface area contributed by atoms with Crippen LogP contribution in [0.25, 0.3) is 148 Å². The fourth-order valence-corrected chi connectivity index (χ4v) is 12.2. The molecule has 0 aliphatic heterocycles. The summed E-state index contributed by atoms with van der Waals surface area (Å²) in [6.45, 7) is 7.93. The minimum atomic E-state index is 0.616. The summed E-state index contributed by atoms with van der Waals surface area (Å²) < 4.78 is 4.60. The first-order chi connectivity index (χ1) is 37.6. The molecule has 350 valence electrons. The van der Waals surface area contributed by atoms with Gasteiger partial charge in [0.15, 0.2) is 5.69 Å². The second kappa shape index (κ2) is 17.0. The summed E-state index contributed by atoms with van der Waals surface area (Å²) in [5, 5.41) is 22.3. The van der Waals surface area contributed by atoms with Crippen molar-refractivity contribution in [1.82, 2.24) is 14.1 Å². The molecule has 0 saturated heterocycles. The molecule has 0 amide bonds. The van der Waals surface area contributed by atoms with E-state index in [0.29, 0.717) is 11.3 Å². The van der Waals surface area contributed by atoms with Gasteiger partial charge in [0, 0.05) is 44.7 Å². The van der Waals surface area contributed by atoms with Crippen LogP contribution in [0.15, 0.2) is 249 Å². The summed E-state index contributed by atoms with van der Waals surface area (Å²) in [5.74, 6) is 0. The van der Waals surface area contributed by atoms with Crippen LogP contribution in [-0.4, -0.2) is 14.1 Å². The van der Waals surface area contributed by atoms with E-state index in [1.54, 1.807) is 0 Å². The van der Waals surface area contributed by atoms with Crippen LogP contribution in [0.5, 0.6) is 0 Å². The topological polar surface area (TPSA) is 50.9 Å². The lowest BCUT2D eigenvalue weighted by molar-refractivity contribution is 1.18. The van der Waals surface area contributed by atoms with E-state index in [1.807, 2.05) is 48.7 Å². The molecule has 0 aliphatic carbocycles. The van der Waals surface area contributed by atoms with Crippen LogP contribution < -0.4 is 0 Å². The van der Waals surface area contributed by atoms with Crippen molar-refractivity contribution < 1.29 is 0 Å². The number of rotatable bonds is 6. The highest BCUT2D eigenvalue weighted by Crippen LogP contribution is 2.49. The van der Waals surface area contributed by atoms with Crippen LogP contribution in [0.3, 0.4) is 0 Å². The number of nitrogens with zero attached hydrogens (tertiary/aromatic N) is 5. The molecular formula is C71H41N5. The molecule has 0 atom stereocenters. The fourth-order valence-electron chi connectivity index (χ4n) is 12.2. The van der Waals surface area contributed by atoms with Crippen molar-refractivity contribution in [3.63, 3.8) is 0 Å². The molecule has 0 N–H and O–H groups in total. The number of pyridine rings is 1. The van der Waals surface area contributed by atoms with E-state index >= 15 is 0 Å². The normalized spacial score (nSPS) is 11.7. The van der Waals surface area contributed by atoms with Gasteiger partial charge in [-0.1, -0.05) is 146 Å². The molecule has 0 saturated carbocycles. The first-order valence-corrected chi connectivity index (χ1v) is 25.5. The predicted molar refractivity (Wildman–Crippen MR) is 316 cm³/mol. The van der Waals surface area contributed by atoms with Crippen molar-refractivity contribution in [3.05, 3.63) is 266 Å². The Balaban J connectivity index is 1.02. The third-order valence-electron chi connectivity index (χ3n) is 15.5. The Bertz CT molecular complexity index is 4680. The Hall–Kier alpha value is -10.6. The van der Waals surface area contributed by atoms with E-state index in [9.17, 15) is 5.26 Å². The smallest absolute Gasteiger partial charge is 0.188 e. The van der Waals surface area contributed by atoms with Gasteiger partial charge in [0.2, 0.25) is 0 Å². The zero-order chi connectivity index (χ0) is 50.4. The van der Waals surface area contributed by atoms with Gasteiger partial charge in [0.05, 0.1) is 45.8 Å². The molecule has 0 aliphatic rings. The van der Waals surface area contributed by atoms with E-state index in [-0.39, 0.29) is 0 Å². The third kappa shape index (κ3) is 6.60. The van der Waals surface area contributed by atoms with Gasteiger partial charge in [0.25, 0.3) is 0 Å². The second-order valence-electron chi connectivity index (χ2n) is 19.6. The van der Waals surface area contributed by atoms with Gasteiger partial charge < -0.3 is 9.13 Å². The van der Waals surface area contributed by atoms with Crippen molar-refractivity contribution in [2.24, 2.45) is 0 Å². The maximum atomic E-state index is 10.1. The minimum Gasteiger partial charge on any atom is -0.309 e. The van der Waals surface area contributed by atoms with Crippen molar-refractivity contribution in [1.29, 1.82) is 5.26 Å². The van der Waals surface area contributed by atoms with Gasteiger partial charge in [0.1, 0.15) is 0 Å². The summed E-state index contributed by atoms with van der Waals surface area (Å²) in [6, 6.07) is 89.0. The lowest BCUT2D eigenvalue weighted by atomic mass is 9.82. The fraction of sp³-hybridized carbons (Fsp3) is 0. The molecule has 76 heavy (non-hydrogen) atoms. The van der Waals surface area contributed by atoms with Crippen molar-refractivity contribution >= 4 is 92.5 Å². The molecule has 5 heteroatoms. The molecule has 0 spiro atoms. The van der Waals surface area contributed by atoms with Crippen molar-refractivity contribution in [2.75, 3.05) is 0 Å². The molecule has 15 rings (SSSR count). The molecular weight excluding hydrogens is 923 g/mol. The van der Waals surface area contributed by atoms with E-state index in [2.05, 4.69) is 220 Å². The van der Waals surface area contributed by atoms with Gasteiger partial charge in [-0.3, -0.25) is 4.98 Å². The first-order valence-electron chi connectivity index (χ1n) is 25.5. The Morgan fingerprint density at radius 1 is 0.368 bits per heavy atom. The minimum absolute atomic E-state index is 0.616. The third-order valence-corrected chi connectivity index (χ3v) is 15.5. The average molecular weight is 964 g/mol. The number of aromatic nitrogens is 3. The summed E-state index contributed by atoms with van der Waals surface area (Å²) in [6.07, 6.45) is 1.90. The molecule has 0 bridgehead atoms. The molecule has 0 radical (unpaired) electrons. The first kappa shape index (κ1) is 43.0. The number of hydrogen-bond acceptors (Lipinski definition) is 2. The number of para-hydroxylation sites is 3. The Morgan fingerprint density at radius 3 is 1.46 bits per heavy atom. The zero-order valence-electron chi connectivity index (χ0n) is 40.9. The summed E-state index contributed by atoms with van der Waals surface area (Å²) >= 11 is 0. The van der Waals surface area contributed by atoms with Crippen LogP contribution in [0.2, 0.25) is 0 Å². The number of nitriles is 1. The molecule has 3 aromatic heterocycles. The van der Waals surface area contributed by atoms with E-state index in [1.165, 1.54) is 16.3 Å². The van der Waals surface area contributed by atoms with Crippen LogP contribution in [0.1, 0.15) is 5.56 Å². The lowest BCUT2D eigenvalue weighted by Gasteiger charge is -2.21. The monoisotopic (exact) mass is 963 g/mol. The van der Waals surface area contributed by atoms with Gasteiger partial charge >= 0.3 is 0 Å². The Labute approximate surface area is 437 Å². The van der Waals surface area contributed by atoms with Gasteiger partial charge in [-0.2, -0.15) is 5.26 Å². The lowest BCUT2D eigenvalue weighted by Crippen LogP contribution is -1.95. The van der Waals surface area contributed by atoms with Crippen molar-refractivity contribution in [3.8, 4) is 62.0 Å². The SMILES string of the molecule is [C-]#[N+]c1ccc2c(c1)c1cc(-c3ccc4c(-c5cccc6ccccc56)c5cc(-c6ccc7c(c6)c6cc(C#N)ccc6n7-c6ccccc6)ccc5c(-c5cccc6cccnc56)c4c3)ccc1n2-c1ccccc1. The molecule has 0 fully saturated rings. The van der Waals surface area contributed by atoms with Gasteiger partial charge in [-0.25, -0.2) is 4.85 Å². The maximum absolute atomic E-state index is 10.1. The number of fused-ring (bicyclic) bond motifs is 10. The van der Waals surface area contributed by atoms with Crippen LogP contribution in [0.4, 0.5) is 5.69 Å². The summed E-state index contributed by atoms with van der Waals surface area (Å²) in [4.78, 5) is 8.94. The molecule has 12 aromatic carbocycles. The van der Waals surface area contributed by atoms with Gasteiger partial charge in [-0.05, 0) is 174 Å². The van der Waals surface area contributed by atoms with E-state index in [0.717, 1.165) is 126 Å². The highest BCUT2D eigenvalue weighted by atomic mass is 15.0. The van der Waals surface area contributed by atoms with Gasteiger partial charge in [-0.15, -0.1) is 0 Å². The Morgan fingerprint density at radius 2 is 0.842 bits per heavy atom. The highest BCUT2D eigenvalue weighted by molar-refractivity contribution is 6.26. The molecule has 15 aromatic rings. The van der Waals surface area contributed by atoms with Crippen LogP contribution >= 0.6 is 0 Å². The standard InChI is InChI=1S/C71H41N5/c1-73-51-29-35-68-62(42-51)61-39-50(28-34-67(61)76(68)53-19-6-3-7-20-53)48-25-30-56-64(41-48)70(58-23-11-15-46-16-12-36-74-71(46)58)57-31-26-47(40-63(57)69(56)55-22-10-14-45-13-8-9-21-54(45)55)49-27-33-66-60(38-49)59-37-44(43-72)24-32-65(59)75(66)52-17-4-2-5-18-52/h2-42H. The number of benzene rings is 12. The van der Waals surface area contributed by atoms with Crippen molar-refractivity contribution in [2.45, 2.75) is 0 Å². The van der Waals surface area contributed by atoms with Crippen LogP contribution in [0, 0.1) is 17.9 Å². The molecule has 5 nitrogen and oxygen atoms in total. The molecule has 0 unspecified atom stereocenters. The summed E-state index contributed by atoms with van der Waals surface area (Å²) in [7, 11) is 0. The number of hydrogen-bond donors (Lipinski definition) is 0. The Kier molecular flexibility index (Phi) is 9.63. The largest absolute Gasteiger partial charge is 0.309 e. The van der Waals surface area contributed by atoms with E-state index in [4.69, 9.17) is 11.6 Å². The highest BCUT2D eigenvalue weighted by Gasteiger charge is 2.23. The van der Waals surface area contributed by atoms with Crippen LogP contribution in [-0.2, 0) is 0 Å². The average Bonchev–Trinajstić information content (AvgIpc) is 4.08. The molecule has 3 heterocycles. The van der Waals surface area contributed by atoms with E-state index < -0.39 is 0 Å².